The lowest BCUT2D eigenvalue weighted by atomic mass is 10.0. The molecule has 114 valence electrons. The quantitative estimate of drug-likeness (QED) is 0.722. The van der Waals surface area contributed by atoms with Crippen LogP contribution in [0.2, 0.25) is 0 Å². The topological polar surface area (TPSA) is 95.9 Å². The van der Waals surface area contributed by atoms with E-state index < -0.39 is 11.9 Å². The maximum Gasteiger partial charge on any atom is 0.328 e. The summed E-state index contributed by atoms with van der Waals surface area (Å²) in [5.41, 5.74) is 2.82. The number of benzene rings is 1. The highest BCUT2D eigenvalue weighted by atomic mass is 16.5. The van der Waals surface area contributed by atoms with Crippen molar-refractivity contribution in [1.29, 1.82) is 0 Å². The Morgan fingerprint density at radius 2 is 1.76 bits per heavy atom. The van der Waals surface area contributed by atoms with E-state index in [-0.39, 0.29) is 0 Å². The second-order valence-electron chi connectivity index (χ2n) is 4.36. The molecule has 6 heteroatoms. The summed E-state index contributed by atoms with van der Waals surface area (Å²) < 4.78 is 5.34. The minimum atomic E-state index is -1.26. The molecule has 0 aliphatic carbocycles. The van der Waals surface area contributed by atoms with Gasteiger partial charge >= 0.3 is 11.9 Å². The van der Waals surface area contributed by atoms with Crippen molar-refractivity contribution in [3.8, 4) is 5.75 Å². The van der Waals surface area contributed by atoms with Crippen molar-refractivity contribution in [2.45, 2.75) is 12.8 Å². The third-order valence-corrected chi connectivity index (χ3v) is 2.94. The molecule has 1 aliphatic rings. The Morgan fingerprint density at radius 3 is 2.33 bits per heavy atom. The SMILES string of the molecule is COc1cccc2c1CCNCC2.O=C(O)/C=C\C(=O)O. The monoisotopic (exact) mass is 293 g/mol. The maximum atomic E-state index is 9.55. The van der Waals surface area contributed by atoms with Crippen molar-refractivity contribution in [2.75, 3.05) is 20.2 Å². The van der Waals surface area contributed by atoms with Gasteiger partial charge in [0.25, 0.3) is 0 Å². The normalized spacial score (nSPS) is 13.6. The molecule has 3 N–H and O–H groups in total. The highest BCUT2D eigenvalue weighted by molar-refractivity contribution is 5.89. The van der Waals surface area contributed by atoms with E-state index in [1.165, 1.54) is 11.1 Å². The Kier molecular flexibility index (Phi) is 6.97. The van der Waals surface area contributed by atoms with E-state index in [1.807, 2.05) is 6.07 Å². The average molecular weight is 293 g/mol. The number of carboxylic acids is 2. The summed E-state index contributed by atoms with van der Waals surface area (Å²) in [4.78, 5) is 19.1. The fraction of sp³-hybridized carbons (Fsp3) is 0.333. The predicted octanol–water partition coefficient (Wildman–Crippen LogP) is 1.10. The number of carboxylic acid groups (broad SMARTS) is 2. The van der Waals surface area contributed by atoms with Gasteiger partial charge < -0.3 is 20.3 Å². The summed E-state index contributed by atoms with van der Waals surface area (Å²) in [6.07, 6.45) is 3.32. The summed E-state index contributed by atoms with van der Waals surface area (Å²) in [6, 6.07) is 6.32. The lowest BCUT2D eigenvalue weighted by Gasteiger charge is -2.09. The maximum absolute atomic E-state index is 9.55. The van der Waals surface area contributed by atoms with Crippen LogP contribution in [0.15, 0.2) is 30.4 Å². The van der Waals surface area contributed by atoms with E-state index in [0.717, 1.165) is 31.7 Å². The molecule has 0 aromatic heterocycles. The number of carbonyl (C=O) groups is 2. The number of rotatable bonds is 3. The zero-order valence-electron chi connectivity index (χ0n) is 11.8. The number of methoxy groups -OCH3 is 1. The molecular weight excluding hydrogens is 274 g/mol. The van der Waals surface area contributed by atoms with Gasteiger partial charge in [0.1, 0.15) is 5.75 Å². The zero-order chi connectivity index (χ0) is 15.7. The van der Waals surface area contributed by atoms with Crippen molar-refractivity contribution in [1.82, 2.24) is 5.32 Å². The first-order valence-electron chi connectivity index (χ1n) is 6.54. The highest BCUT2D eigenvalue weighted by Gasteiger charge is 2.10. The van der Waals surface area contributed by atoms with Crippen LogP contribution in [-0.4, -0.2) is 42.4 Å². The van der Waals surface area contributed by atoms with Crippen LogP contribution in [0.1, 0.15) is 11.1 Å². The molecule has 1 aliphatic heterocycles. The van der Waals surface area contributed by atoms with E-state index in [1.54, 1.807) is 7.11 Å². The molecule has 0 radical (unpaired) electrons. The van der Waals surface area contributed by atoms with E-state index >= 15 is 0 Å². The lowest BCUT2D eigenvalue weighted by Crippen LogP contribution is -2.16. The second-order valence-corrected chi connectivity index (χ2v) is 4.36. The van der Waals surface area contributed by atoms with Gasteiger partial charge in [0, 0.05) is 12.2 Å². The molecule has 1 heterocycles. The van der Waals surface area contributed by atoms with Crippen LogP contribution in [0.25, 0.3) is 0 Å². The number of hydrogen-bond donors (Lipinski definition) is 3. The van der Waals surface area contributed by atoms with E-state index in [9.17, 15) is 9.59 Å². The third-order valence-electron chi connectivity index (χ3n) is 2.94. The van der Waals surface area contributed by atoms with Gasteiger partial charge in [0.05, 0.1) is 7.11 Å². The van der Waals surface area contributed by atoms with Gasteiger partial charge in [0.2, 0.25) is 0 Å². The first kappa shape index (κ1) is 16.7. The van der Waals surface area contributed by atoms with Gasteiger partial charge in [-0.25, -0.2) is 9.59 Å². The molecule has 0 fully saturated rings. The molecule has 1 aromatic rings. The molecule has 0 unspecified atom stereocenters. The van der Waals surface area contributed by atoms with Gasteiger partial charge in [-0.05, 0) is 43.1 Å². The molecule has 1 aromatic carbocycles. The predicted molar refractivity (Wildman–Crippen MR) is 77.7 cm³/mol. The molecule has 0 bridgehead atoms. The third kappa shape index (κ3) is 6.09. The number of ether oxygens (including phenoxy) is 1. The number of nitrogens with one attached hydrogen (secondary N) is 1. The zero-order valence-corrected chi connectivity index (χ0v) is 11.8. The van der Waals surface area contributed by atoms with Gasteiger partial charge in [-0.15, -0.1) is 0 Å². The average Bonchev–Trinajstić information content (AvgIpc) is 2.70. The van der Waals surface area contributed by atoms with Crippen molar-refractivity contribution in [3.05, 3.63) is 41.5 Å². The molecule has 21 heavy (non-hydrogen) atoms. The largest absolute Gasteiger partial charge is 0.496 e. The molecule has 6 nitrogen and oxygen atoms in total. The van der Waals surface area contributed by atoms with Crippen molar-refractivity contribution in [2.24, 2.45) is 0 Å². The molecule has 0 amide bonds. The van der Waals surface area contributed by atoms with Gasteiger partial charge in [-0.3, -0.25) is 0 Å². The number of fused-ring (bicyclic) bond motifs is 1. The van der Waals surface area contributed by atoms with Crippen molar-refractivity contribution in [3.63, 3.8) is 0 Å². The van der Waals surface area contributed by atoms with Crippen LogP contribution < -0.4 is 10.1 Å². The van der Waals surface area contributed by atoms with Crippen LogP contribution >= 0.6 is 0 Å². The van der Waals surface area contributed by atoms with Crippen LogP contribution in [-0.2, 0) is 22.4 Å². The Labute approximate surface area is 123 Å². The van der Waals surface area contributed by atoms with Crippen LogP contribution in [0.4, 0.5) is 0 Å². The minimum Gasteiger partial charge on any atom is -0.496 e. The molecule has 0 saturated heterocycles. The van der Waals surface area contributed by atoms with Crippen molar-refractivity contribution >= 4 is 11.9 Å². The summed E-state index contributed by atoms with van der Waals surface area (Å²) in [6.45, 7) is 2.15. The number of hydrogen-bond acceptors (Lipinski definition) is 4. The highest BCUT2D eigenvalue weighted by Crippen LogP contribution is 2.23. The molecule has 2 rings (SSSR count). The van der Waals surface area contributed by atoms with Crippen LogP contribution in [0.3, 0.4) is 0 Å². The molecule has 0 spiro atoms. The summed E-state index contributed by atoms with van der Waals surface area (Å²) in [5, 5.41) is 19.0. The summed E-state index contributed by atoms with van der Waals surface area (Å²) >= 11 is 0. The van der Waals surface area contributed by atoms with Crippen molar-refractivity contribution < 1.29 is 24.5 Å². The number of aliphatic carboxylic acids is 2. The first-order chi connectivity index (χ1) is 10.0. The van der Waals surface area contributed by atoms with E-state index in [2.05, 4.69) is 17.4 Å². The fourth-order valence-corrected chi connectivity index (χ4v) is 2.02. The molecule has 0 atom stereocenters. The van der Waals surface area contributed by atoms with E-state index in [0.29, 0.717) is 12.2 Å². The van der Waals surface area contributed by atoms with Crippen LogP contribution in [0.5, 0.6) is 5.75 Å². The van der Waals surface area contributed by atoms with E-state index in [4.69, 9.17) is 14.9 Å². The Balaban J connectivity index is 0.000000240. The standard InChI is InChI=1S/C11H15NO.C4H4O4/c1-13-11-4-2-3-9-5-7-12-8-6-10(9)11;5-3(6)1-2-4(7)8/h2-4,12H,5-8H2,1H3;1-2H,(H,5,6)(H,7,8)/b;2-1-. The lowest BCUT2D eigenvalue weighted by molar-refractivity contribution is -0.134. The Bertz CT molecular complexity index is 509. The van der Waals surface area contributed by atoms with Gasteiger partial charge in [0.15, 0.2) is 0 Å². The smallest absolute Gasteiger partial charge is 0.328 e. The van der Waals surface area contributed by atoms with Gasteiger partial charge in [-0.2, -0.15) is 0 Å². The summed E-state index contributed by atoms with van der Waals surface area (Å²) in [7, 11) is 1.74. The fourth-order valence-electron chi connectivity index (χ4n) is 2.02. The first-order valence-corrected chi connectivity index (χ1v) is 6.54. The minimum absolute atomic E-state index is 0.558. The molecule has 0 saturated carbocycles. The van der Waals surface area contributed by atoms with Gasteiger partial charge in [-0.1, -0.05) is 12.1 Å². The molecular formula is C15H19NO5. The summed E-state index contributed by atoms with van der Waals surface area (Å²) in [5.74, 6) is -1.47. The van der Waals surface area contributed by atoms with Crippen LogP contribution in [0, 0.1) is 0 Å². The Hall–Kier alpha value is -2.34. The second kappa shape index (κ2) is 8.76. The Morgan fingerprint density at radius 1 is 1.14 bits per heavy atom.